The van der Waals surface area contributed by atoms with Crippen LogP contribution in [0.2, 0.25) is 5.02 Å². The molecular formula is C22H28ClN6O8P. The summed E-state index contributed by atoms with van der Waals surface area (Å²) in [7, 11) is -1.38. The lowest BCUT2D eigenvalue weighted by Gasteiger charge is -2.27. The Balaban J connectivity index is 1.56. The lowest BCUT2D eigenvalue weighted by Crippen LogP contribution is -2.44. The highest BCUT2D eigenvalue weighted by atomic mass is 35.5. The molecule has 14 nitrogen and oxygen atoms in total. The van der Waals surface area contributed by atoms with Crippen molar-refractivity contribution in [2.75, 3.05) is 26.1 Å². The average molecular weight is 571 g/mol. The number of imidazole rings is 1. The SMILES string of the molecule is CNc1ncnc2c1ncn2[C@@H]1OC(COP(=O)(NC(C)C(=O)OC)Oc2ccc(Cl)cc2)[C@@H](O)[C@@]1(C)O. The molecule has 1 aromatic carbocycles. The molecule has 4 rings (SSSR count). The van der Waals surface area contributed by atoms with Crippen LogP contribution in [0.4, 0.5) is 5.82 Å². The van der Waals surface area contributed by atoms with E-state index in [2.05, 4.69) is 30.1 Å². The Morgan fingerprint density at radius 3 is 2.68 bits per heavy atom. The van der Waals surface area contributed by atoms with Gasteiger partial charge in [-0.1, -0.05) is 11.6 Å². The first-order valence-electron chi connectivity index (χ1n) is 11.5. The van der Waals surface area contributed by atoms with Crippen LogP contribution >= 0.6 is 19.3 Å². The Labute approximate surface area is 222 Å². The molecule has 0 aliphatic carbocycles. The maximum atomic E-state index is 13.6. The first-order chi connectivity index (χ1) is 18.0. The number of halogens is 1. The predicted molar refractivity (Wildman–Crippen MR) is 136 cm³/mol. The number of ether oxygens (including phenoxy) is 2. The number of hydrogen-bond donors (Lipinski definition) is 4. The van der Waals surface area contributed by atoms with Gasteiger partial charge in [-0.15, -0.1) is 0 Å². The van der Waals surface area contributed by atoms with Gasteiger partial charge in [0.25, 0.3) is 0 Å². The molecule has 1 saturated heterocycles. The maximum absolute atomic E-state index is 13.6. The topological polar surface area (TPSA) is 179 Å². The predicted octanol–water partition coefficient (Wildman–Crippen LogP) is 1.89. The fourth-order valence-electron chi connectivity index (χ4n) is 3.95. The summed E-state index contributed by atoms with van der Waals surface area (Å²) in [6.07, 6.45) is -1.03. The van der Waals surface area contributed by atoms with Crippen molar-refractivity contribution in [3.8, 4) is 5.75 Å². The van der Waals surface area contributed by atoms with E-state index < -0.39 is 50.4 Å². The summed E-state index contributed by atoms with van der Waals surface area (Å²) < 4.78 is 36.9. The average Bonchev–Trinajstić information content (AvgIpc) is 3.41. The maximum Gasteiger partial charge on any atom is 0.459 e. The first-order valence-corrected chi connectivity index (χ1v) is 13.4. The summed E-state index contributed by atoms with van der Waals surface area (Å²) in [6.45, 7) is 2.32. The van der Waals surface area contributed by atoms with Gasteiger partial charge in [0.2, 0.25) is 0 Å². The Hall–Kier alpha value is -2.84. The van der Waals surface area contributed by atoms with E-state index in [4.69, 9.17) is 25.4 Å². The van der Waals surface area contributed by atoms with Crippen molar-refractivity contribution in [2.45, 2.75) is 43.9 Å². The summed E-state index contributed by atoms with van der Waals surface area (Å²) >= 11 is 5.91. The molecule has 0 amide bonds. The van der Waals surface area contributed by atoms with Crippen molar-refractivity contribution in [1.29, 1.82) is 0 Å². The fourth-order valence-corrected chi connectivity index (χ4v) is 5.57. The zero-order chi connectivity index (χ0) is 27.7. The third-order valence-electron chi connectivity index (χ3n) is 5.96. The van der Waals surface area contributed by atoms with Crippen LogP contribution in [-0.4, -0.2) is 80.3 Å². The summed E-state index contributed by atoms with van der Waals surface area (Å²) in [5.74, 6) is -0.0912. The van der Waals surface area contributed by atoms with E-state index in [9.17, 15) is 19.6 Å². The van der Waals surface area contributed by atoms with Gasteiger partial charge < -0.3 is 29.5 Å². The molecule has 206 valence electrons. The number of rotatable bonds is 10. The lowest BCUT2D eigenvalue weighted by atomic mass is 9.96. The second kappa shape index (κ2) is 11.1. The van der Waals surface area contributed by atoms with Crippen molar-refractivity contribution in [3.05, 3.63) is 41.9 Å². The number of aromatic nitrogens is 4. The number of carbonyl (C=O) groups excluding carboxylic acids is 1. The van der Waals surface area contributed by atoms with Gasteiger partial charge in [-0.3, -0.25) is 13.9 Å². The molecular weight excluding hydrogens is 543 g/mol. The standard InChI is InChI=1S/C22H28ClN6O8P/c1-12(20(31)34-4)28-38(33,37-14-7-5-13(23)6-8-14)35-9-15-17(30)22(2,32)21(36-15)29-11-27-16-18(24-3)25-10-26-19(16)29/h5-8,10-12,15,17,21,30,32H,9H2,1-4H3,(H,28,33)(H,24,25,26)/t12?,15?,17-,21-,22-,38?/m1/s1. The van der Waals surface area contributed by atoms with E-state index in [-0.39, 0.29) is 5.75 Å². The molecule has 1 aliphatic rings. The van der Waals surface area contributed by atoms with Crippen LogP contribution in [0.15, 0.2) is 36.9 Å². The van der Waals surface area contributed by atoms with Gasteiger partial charge in [0.15, 0.2) is 17.7 Å². The highest BCUT2D eigenvalue weighted by Gasteiger charge is 2.54. The minimum Gasteiger partial charge on any atom is -0.468 e. The smallest absolute Gasteiger partial charge is 0.459 e. The summed E-state index contributed by atoms with van der Waals surface area (Å²) in [6, 6.07) is 4.91. The van der Waals surface area contributed by atoms with Gasteiger partial charge in [0.05, 0.1) is 20.0 Å². The van der Waals surface area contributed by atoms with Crippen LogP contribution in [-0.2, 0) is 23.4 Å². The molecule has 1 aliphatic heterocycles. The van der Waals surface area contributed by atoms with E-state index in [0.29, 0.717) is 22.0 Å². The second-order valence-corrected chi connectivity index (χ2v) is 10.8. The van der Waals surface area contributed by atoms with E-state index in [1.165, 1.54) is 62.4 Å². The number of aliphatic hydroxyl groups excluding tert-OH is 1. The Morgan fingerprint density at radius 1 is 1.32 bits per heavy atom. The molecule has 0 radical (unpaired) electrons. The van der Waals surface area contributed by atoms with Crippen molar-refractivity contribution in [3.63, 3.8) is 0 Å². The molecule has 3 heterocycles. The van der Waals surface area contributed by atoms with E-state index in [0.717, 1.165) is 0 Å². The number of anilines is 1. The Kier molecular flexibility index (Phi) is 8.23. The number of nitrogens with zero attached hydrogens (tertiary/aromatic N) is 4. The van der Waals surface area contributed by atoms with Crippen LogP contribution < -0.4 is 14.9 Å². The highest BCUT2D eigenvalue weighted by molar-refractivity contribution is 7.52. The van der Waals surface area contributed by atoms with Gasteiger partial charge in [-0.25, -0.2) is 19.5 Å². The molecule has 3 aromatic rings. The third kappa shape index (κ3) is 5.61. The van der Waals surface area contributed by atoms with Gasteiger partial charge >= 0.3 is 13.7 Å². The number of carbonyl (C=O) groups is 1. The largest absolute Gasteiger partial charge is 0.468 e. The molecule has 3 unspecified atom stereocenters. The number of benzene rings is 1. The molecule has 0 bridgehead atoms. The van der Waals surface area contributed by atoms with Gasteiger partial charge in [0, 0.05) is 12.1 Å². The van der Waals surface area contributed by atoms with E-state index >= 15 is 0 Å². The van der Waals surface area contributed by atoms with Crippen molar-refractivity contribution in [2.24, 2.45) is 0 Å². The second-order valence-electron chi connectivity index (χ2n) is 8.71. The number of hydrogen-bond acceptors (Lipinski definition) is 12. The fraction of sp³-hybridized carbons (Fsp3) is 0.455. The third-order valence-corrected chi connectivity index (χ3v) is 7.85. The van der Waals surface area contributed by atoms with Crippen LogP contribution in [0.1, 0.15) is 20.1 Å². The van der Waals surface area contributed by atoms with Gasteiger partial charge in [0.1, 0.15) is 41.4 Å². The number of nitrogens with one attached hydrogen (secondary N) is 2. The van der Waals surface area contributed by atoms with Crippen molar-refractivity contribution < 1.29 is 38.1 Å². The van der Waals surface area contributed by atoms with Crippen molar-refractivity contribution >= 4 is 42.3 Å². The van der Waals surface area contributed by atoms with Crippen LogP contribution in [0.3, 0.4) is 0 Å². The molecule has 16 heteroatoms. The van der Waals surface area contributed by atoms with Crippen molar-refractivity contribution in [1.82, 2.24) is 24.6 Å². The minimum atomic E-state index is -4.24. The van der Waals surface area contributed by atoms with Gasteiger partial charge in [-0.2, -0.15) is 5.09 Å². The number of aliphatic hydroxyl groups is 2. The van der Waals surface area contributed by atoms with Crippen LogP contribution in [0, 0.1) is 0 Å². The molecule has 1 fully saturated rings. The Morgan fingerprint density at radius 2 is 2.03 bits per heavy atom. The Bertz CT molecular complexity index is 1340. The summed E-state index contributed by atoms with van der Waals surface area (Å²) in [5, 5.41) is 27.9. The zero-order valence-electron chi connectivity index (χ0n) is 20.9. The highest BCUT2D eigenvalue weighted by Crippen LogP contribution is 2.47. The first kappa shape index (κ1) is 28.2. The van der Waals surface area contributed by atoms with Crippen LogP contribution in [0.5, 0.6) is 5.75 Å². The normalized spacial score (nSPS) is 25.6. The van der Waals surface area contributed by atoms with Crippen LogP contribution in [0.25, 0.3) is 11.2 Å². The molecule has 4 N–H and O–H groups in total. The molecule has 0 saturated carbocycles. The minimum absolute atomic E-state index is 0.143. The number of methoxy groups -OCH3 is 1. The molecule has 38 heavy (non-hydrogen) atoms. The van der Waals surface area contributed by atoms with E-state index in [1.807, 2.05) is 0 Å². The molecule has 6 atom stereocenters. The van der Waals surface area contributed by atoms with E-state index in [1.54, 1.807) is 7.05 Å². The number of fused-ring (bicyclic) bond motifs is 1. The monoisotopic (exact) mass is 570 g/mol. The lowest BCUT2D eigenvalue weighted by molar-refractivity contribution is -0.142. The number of esters is 1. The zero-order valence-corrected chi connectivity index (χ0v) is 22.6. The summed E-state index contributed by atoms with van der Waals surface area (Å²) in [4.78, 5) is 24.6. The molecule has 2 aromatic heterocycles. The summed E-state index contributed by atoms with van der Waals surface area (Å²) in [5.41, 5.74) is -1.03. The van der Waals surface area contributed by atoms with Gasteiger partial charge in [-0.05, 0) is 38.1 Å². The quantitative estimate of drug-likeness (QED) is 0.205. The molecule has 0 spiro atoms.